The molecule has 126 valence electrons. The van der Waals surface area contributed by atoms with Crippen LogP contribution in [0.5, 0.6) is 0 Å². The third kappa shape index (κ3) is 2.94. The average molecular weight is 351 g/mol. The summed E-state index contributed by atoms with van der Waals surface area (Å²) in [5.74, 6) is -0.234. The van der Waals surface area contributed by atoms with Crippen molar-refractivity contribution in [1.29, 1.82) is 0 Å². The summed E-state index contributed by atoms with van der Waals surface area (Å²) < 4.78 is 11.4. The number of hydrogen-bond donors (Lipinski definition) is 2. The van der Waals surface area contributed by atoms with E-state index in [2.05, 4.69) is 27.6 Å². The number of aromatic amines is 1. The fraction of sp³-hybridized carbons (Fsp3) is 0.158. The molecule has 1 amide bonds. The Kier molecular flexibility index (Phi) is 4.07. The fourth-order valence-electron chi connectivity index (χ4n) is 3.18. The van der Waals surface area contributed by atoms with Gasteiger partial charge in [-0.15, -0.1) is 0 Å². The van der Waals surface area contributed by atoms with Crippen molar-refractivity contribution in [3.05, 3.63) is 65.4 Å². The Hall–Kier alpha value is -2.57. The molecule has 4 rings (SSSR count). The topological polar surface area (TPSA) is 80.8 Å². The Morgan fingerprint density at radius 3 is 2.68 bits per heavy atom. The van der Waals surface area contributed by atoms with E-state index in [1.807, 2.05) is 12.1 Å². The lowest BCUT2D eigenvalue weighted by Gasteiger charge is -2.16. The molecule has 25 heavy (non-hydrogen) atoms. The van der Waals surface area contributed by atoms with Crippen molar-refractivity contribution in [3.63, 3.8) is 0 Å². The molecule has 1 unspecified atom stereocenters. The largest absolute Gasteiger partial charge is 0.612 e. The highest BCUT2D eigenvalue weighted by Gasteiger charge is 2.25. The number of hydrogen-bond acceptors (Lipinski definition) is 3. The van der Waals surface area contributed by atoms with Gasteiger partial charge in [-0.2, -0.15) is 5.10 Å². The van der Waals surface area contributed by atoms with Crippen molar-refractivity contribution in [2.45, 2.75) is 17.7 Å². The standard InChI is InChI=1S/C19H17N3O2S/c1-25(24)14-9-7-13(8-10-14)20-19(23)18-16-11-6-12-4-2-3-5-15(12)17(16)21-22-18/h2-5,7-10H,6,11H2,1H3,(H,20,23)(H,21,22). The molecular formula is C19H17N3O2S. The van der Waals surface area contributed by atoms with Gasteiger partial charge in [-0.1, -0.05) is 24.3 Å². The molecule has 0 fully saturated rings. The van der Waals surface area contributed by atoms with Gasteiger partial charge in [0, 0.05) is 16.8 Å². The number of amides is 1. The van der Waals surface area contributed by atoms with Crippen molar-refractivity contribution in [2.24, 2.45) is 0 Å². The minimum Gasteiger partial charge on any atom is -0.612 e. The van der Waals surface area contributed by atoms with E-state index in [-0.39, 0.29) is 5.91 Å². The number of nitrogens with zero attached hydrogens (tertiary/aromatic N) is 1. The summed E-state index contributed by atoms with van der Waals surface area (Å²) in [5, 5.41) is 10.1. The summed E-state index contributed by atoms with van der Waals surface area (Å²) in [6, 6.07) is 15.2. The average Bonchev–Trinajstić information content (AvgIpc) is 3.07. The smallest absolute Gasteiger partial charge is 0.276 e. The minimum absolute atomic E-state index is 0.234. The monoisotopic (exact) mass is 351 g/mol. The molecule has 1 aliphatic carbocycles. The lowest BCUT2D eigenvalue weighted by molar-refractivity contribution is 0.102. The number of rotatable bonds is 3. The molecule has 0 saturated carbocycles. The number of aryl methyl sites for hydroxylation is 1. The molecule has 0 aliphatic heterocycles. The van der Waals surface area contributed by atoms with Crippen LogP contribution in [0.3, 0.4) is 0 Å². The molecule has 1 heterocycles. The Morgan fingerprint density at radius 1 is 1.16 bits per heavy atom. The maximum absolute atomic E-state index is 12.6. The van der Waals surface area contributed by atoms with Crippen molar-refractivity contribution < 1.29 is 9.35 Å². The van der Waals surface area contributed by atoms with E-state index in [0.717, 1.165) is 34.6 Å². The first-order valence-electron chi connectivity index (χ1n) is 8.04. The van der Waals surface area contributed by atoms with Crippen molar-refractivity contribution in [3.8, 4) is 11.3 Å². The molecule has 1 aromatic heterocycles. The molecule has 0 radical (unpaired) electrons. The van der Waals surface area contributed by atoms with Crippen LogP contribution >= 0.6 is 0 Å². The van der Waals surface area contributed by atoms with Crippen molar-refractivity contribution >= 4 is 22.8 Å². The highest BCUT2D eigenvalue weighted by molar-refractivity contribution is 7.90. The quantitative estimate of drug-likeness (QED) is 0.711. The van der Waals surface area contributed by atoms with Gasteiger partial charge in [0.15, 0.2) is 10.6 Å². The van der Waals surface area contributed by atoms with Gasteiger partial charge in [-0.05, 0) is 53.8 Å². The normalized spacial score (nSPS) is 13.7. The predicted molar refractivity (Wildman–Crippen MR) is 98.2 cm³/mol. The van der Waals surface area contributed by atoms with E-state index in [1.165, 1.54) is 5.56 Å². The molecule has 0 bridgehead atoms. The summed E-state index contributed by atoms with van der Waals surface area (Å²) in [7, 11) is 0. The van der Waals surface area contributed by atoms with Gasteiger partial charge < -0.3 is 9.87 Å². The first-order valence-corrected chi connectivity index (χ1v) is 9.59. The zero-order chi connectivity index (χ0) is 17.4. The lowest BCUT2D eigenvalue weighted by atomic mass is 9.89. The first kappa shape index (κ1) is 15.9. The van der Waals surface area contributed by atoms with Gasteiger partial charge in [-0.25, -0.2) is 0 Å². The second-order valence-electron chi connectivity index (χ2n) is 6.02. The molecule has 0 saturated heterocycles. The van der Waals surface area contributed by atoms with Gasteiger partial charge in [0.1, 0.15) is 6.26 Å². The van der Waals surface area contributed by atoms with Crippen molar-refractivity contribution in [2.75, 3.05) is 11.6 Å². The summed E-state index contributed by atoms with van der Waals surface area (Å²) in [6.07, 6.45) is 3.32. The van der Waals surface area contributed by atoms with E-state index in [0.29, 0.717) is 11.4 Å². The molecule has 1 aliphatic rings. The second-order valence-corrected chi connectivity index (χ2v) is 7.40. The summed E-state index contributed by atoms with van der Waals surface area (Å²) in [5.41, 5.74) is 5.38. The molecular weight excluding hydrogens is 334 g/mol. The molecule has 5 nitrogen and oxygen atoms in total. The van der Waals surface area contributed by atoms with E-state index in [9.17, 15) is 9.35 Å². The maximum Gasteiger partial charge on any atom is 0.276 e. The molecule has 6 heteroatoms. The van der Waals surface area contributed by atoms with Crippen LogP contribution in [0.2, 0.25) is 0 Å². The van der Waals surface area contributed by atoms with Crippen LogP contribution in [0.1, 0.15) is 21.6 Å². The molecule has 2 aromatic carbocycles. The molecule has 2 N–H and O–H groups in total. The van der Waals surface area contributed by atoms with E-state index in [4.69, 9.17) is 0 Å². The number of H-pyrrole nitrogens is 1. The lowest BCUT2D eigenvalue weighted by Crippen LogP contribution is -2.15. The number of aromatic nitrogens is 2. The predicted octanol–water partition coefficient (Wildman–Crippen LogP) is 3.17. The van der Waals surface area contributed by atoms with Crippen LogP contribution in [0.15, 0.2) is 53.4 Å². The Bertz CT molecular complexity index is 932. The highest BCUT2D eigenvalue weighted by Crippen LogP contribution is 2.33. The summed E-state index contributed by atoms with van der Waals surface area (Å²) >= 11 is -1.03. The van der Waals surface area contributed by atoms with Crippen LogP contribution in [-0.4, -0.2) is 26.9 Å². The number of fused-ring (bicyclic) bond motifs is 3. The van der Waals surface area contributed by atoms with Gasteiger partial charge in [0.05, 0.1) is 5.69 Å². The summed E-state index contributed by atoms with van der Waals surface area (Å²) in [4.78, 5) is 13.4. The van der Waals surface area contributed by atoms with Crippen LogP contribution in [0.25, 0.3) is 11.3 Å². The minimum atomic E-state index is -1.03. The zero-order valence-electron chi connectivity index (χ0n) is 13.7. The fourth-order valence-corrected chi connectivity index (χ4v) is 3.70. The van der Waals surface area contributed by atoms with Crippen LogP contribution in [0, 0.1) is 0 Å². The Balaban J connectivity index is 1.59. The van der Waals surface area contributed by atoms with E-state index >= 15 is 0 Å². The SMILES string of the molecule is C[S+]([O-])c1ccc(NC(=O)c2n[nH]c3c2CCc2ccccc2-3)cc1. The van der Waals surface area contributed by atoms with Gasteiger partial charge >= 0.3 is 0 Å². The molecule has 0 spiro atoms. The second kappa shape index (κ2) is 6.38. The molecule has 1 atom stereocenters. The maximum atomic E-state index is 12.6. The van der Waals surface area contributed by atoms with Crippen LogP contribution < -0.4 is 5.32 Å². The van der Waals surface area contributed by atoms with Crippen LogP contribution in [0.4, 0.5) is 5.69 Å². The number of carbonyl (C=O) groups excluding carboxylic acids is 1. The zero-order valence-corrected chi connectivity index (χ0v) is 14.5. The molecule has 3 aromatic rings. The number of carbonyl (C=O) groups is 1. The first-order chi connectivity index (χ1) is 12.1. The highest BCUT2D eigenvalue weighted by atomic mass is 32.2. The summed E-state index contributed by atoms with van der Waals surface area (Å²) in [6.45, 7) is 0. The van der Waals surface area contributed by atoms with Crippen LogP contribution in [-0.2, 0) is 24.0 Å². The van der Waals surface area contributed by atoms with Gasteiger partial charge in [0.25, 0.3) is 5.91 Å². The van der Waals surface area contributed by atoms with Gasteiger partial charge in [-0.3, -0.25) is 9.89 Å². The third-order valence-electron chi connectivity index (χ3n) is 4.46. The van der Waals surface area contributed by atoms with Crippen molar-refractivity contribution in [1.82, 2.24) is 10.2 Å². The number of anilines is 1. The number of nitrogens with one attached hydrogen (secondary N) is 2. The third-order valence-corrected chi connectivity index (χ3v) is 5.39. The Labute approximate surface area is 148 Å². The van der Waals surface area contributed by atoms with Gasteiger partial charge in [0.2, 0.25) is 0 Å². The van der Waals surface area contributed by atoms with E-state index < -0.39 is 11.2 Å². The Morgan fingerprint density at radius 2 is 1.92 bits per heavy atom. The van der Waals surface area contributed by atoms with E-state index in [1.54, 1.807) is 30.5 Å². The number of benzene rings is 2.